The van der Waals surface area contributed by atoms with Crippen molar-refractivity contribution >= 4 is 0 Å². The maximum absolute atomic E-state index is 11.4. The average Bonchev–Trinajstić information content (AvgIpc) is 1.66. The van der Waals surface area contributed by atoms with Gasteiger partial charge in [-0.05, 0) is 12.3 Å². The van der Waals surface area contributed by atoms with Crippen molar-refractivity contribution in [2.24, 2.45) is 5.92 Å². The Bertz CT molecular complexity index is 41.7. The van der Waals surface area contributed by atoms with Crippen LogP contribution in [0.15, 0.2) is 0 Å². The van der Waals surface area contributed by atoms with Crippen molar-refractivity contribution in [3.05, 3.63) is 6.92 Å². The van der Waals surface area contributed by atoms with Gasteiger partial charge in [-0.2, -0.15) is 0 Å². The SMILES string of the molecule is [CH2]C(C)CCCCF. The molecular formula is C7H14F. The van der Waals surface area contributed by atoms with Crippen LogP contribution in [-0.4, -0.2) is 6.67 Å². The molecule has 0 rings (SSSR count). The third-order valence-corrected chi connectivity index (χ3v) is 1.08. The minimum atomic E-state index is -0.174. The van der Waals surface area contributed by atoms with E-state index in [0.717, 1.165) is 12.8 Å². The summed E-state index contributed by atoms with van der Waals surface area (Å²) >= 11 is 0. The first-order valence-corrected chi connectivity index (χ1v) is 3.16. The molecule has 8 heavy (non-hydrogen) atoms. The summed E-state index contributed by atoms with van der Waals surface area (Å²) < 4.78 is 11.4. The number of rotatable bonds is 4. The summed E-state index contributed by atoms with van der Waals surface area (Å²) in [6, 6.07) is 0. The zero-order valence-electron chi connectivity index (χ0n) is 5.49. The Morgan fingerprint density at radius 2 is 2.12 bits per heavy atom. The van der Waals surface area contributed by atoms with E-state index in [0.29, 0.717) is 12.3 Å². The predicted molar refractivity (Wildman–Crippen MR) is 34.3 cm³/mol. The van der Waals surface area contributed by atoms with Crippen LogP contribution < -0.4 is 0 Å². The minimum absolute atomic E-state index is 0.174. The van der Waals surface area contributed by atoms with E-state index in [1.165, 1.54) is 0 Å². The largest absolute Gasteiger partial charge is 0.251 e. The van der Waals surface area contributed by atoms with Crippen molar-refractivity contribution in [1.29, 1.82) is 0 Å². The molecule has 0 aliphatic heterocycles. The van der Waals surface area contributed by atoms with Gasteiger partial charge >= 0.3 is 0 Å². The molecule has 0 spiro atoms. The molecule has 0 aromatic rings. The highest BCUT2D eigenvalue weighted by molar-refractivity contribution is 4.53. The lowest BCUT2D eigenvalue weighted by Gasteiger charge is -1.99. The van der Waals surface area contributed by atoms with E-state index in [2.05, 4.69) is 13.8 Å². The summed E-state index contributed by atoms with van der Waals surface area (Å²) in [5.41, 5.74) is 0. The molecule has 1 unspecified atom stereocenters. The highest BCUT2D eigenvalue weighted by Gasteiger charge is 1.91. The molecule has 0 bridgehead atoms. The highest BCUT2D eigenvalue weighted by atomic mass is 19.1. The molecule has 0 fully saturated rings. The number of unbranched alkanes of at least 4 members (excludes halogenated alkanes) is 1. The smallest absolute Gasteiger partial charge is 0.0894 e. The molecule has 0 aromatic heterocycles. The van der Waals surface area contributed by atoms with Gasteiger partial charge in [0.15, 0.2) is 0 Å². The summed E-state index contributed by atoms with van der Waals surface area (Å²) in [6.45, 7) is 5.67. The van der Waals surface area contributed by atoms with Gasteiger partial charge in [0.1, 0.15) is 0 Å². The lowest BCUT2D eigenvalue weighted by atomic mass is 10.1. The van der Waals surface area contributed by atoms with Crippen molar-refractivity contribution in [3.8, 4) is 0 Å². The lowest BCUT2D eigenvalue weighted by molar-refractivity contribution is 0.444. The Kier molecular flexibility index (Phi) is 5.03. The Balaban J connectivity index is 2.72. The van der Waals surface area contributed by atoms with Gasteiger partial charge in [-0.15, -0.1) is 0 Å². The normalized spacial score (nSPS) is 10.5. The van der Waals surface area contributed by atoms with Gasteiger partial charge < -0.3 is 0 Å². The van der Waals surface area contributed by atoms with Gasteiger partial charge in [0.2, 0.25) is 0 Å². The van der Waals surface area contributed by atoms with Crippen molar-refractivity contribution in [2.75, 3.05) is 6.67 Å². The quantitative estimate of drug-likeness (QED) is 0.496. The molecule has 0 aromatic carbocycles. The van der Waals surface area contributed by atoms with Crippen LogP contribution in [0, 0.1) is 12.8 Å². The monoisotopic (exact) mass is 117 g/mol. The van der Waals surface area contributed by atoms with Crippen molar-refractivity contribution in [1.82, 2.24) is 0 Å². The van der Waals surface area contributed by atoms with Crippen LogP contribution in [0.1, 0.15) is 26.2 Å². The van der Waals surface area contributed by atoms with Crippen LogP contribution in [0.2, 0.25) is 0 Å². The molecule has 0 heterocycles. The van der Waals surface area contributed by atoms with E-state index >= 15 is 0 Å². The van der Waals surface area contributed by atoms with Crippen LogP contribution in [0.5, 0.6) is 0 Å². The Morgan fingerprint density at radius 3 is 2.50 bits per heavy atom. The summed E-state index contributed by atoms with van der Waals surface area (Å²) in [7, 11) is 0. The third-order valence-electron chi connectivity index (χ3n) is 1.08. The van der Waals surface area contributed by atoms with Gasteiger partial charge in [0.25, 0.3) is 0 Å². The van der Waals surface area contributed by atoms with E-state index in [1.54, 1.807) is 0 Å². The Hall–Kier alpha value is -0.0700. The molecular weight excluding hydrogens is 103 g/mol. The number of alkyl halides is 1. The second-order valence-electron chi connectivity index (χ2n) is 2.29. The van der Waals surface area contributed by atoms with E-state index in [1.807, 2.05) is 0 Å². The van der Waals surface area contributed by atoms with E-state index in [4.69, 9.17) is 0 Å². The molecule has 0 nitrogen and oxygen atoms in total. The topological polar surface area (TPSA) is 0 Å². The maximum Gasteiger partial charge on any atom is 0.0894 e. The lowest BCUT2D eigenvalue weighted by Crippen LogP contribution is -1.87. The second kappa shape index (κ2) is 5.07. The molecule has 49 valence electrons. The highest BCUT2D eigenvalue weighted by Crippen LogP contribution is 2.04. The minimum Gasteiger partial charge on any atom is -0.251 e. The van der Waals surface area contributed by atoms with E-state index < -0.39 is 0 Å². The van der Waals surface area contributed by atoms with Crippen molar-refractivity contribution < 1.29 is 4.39 Å². The van der Waals surface area contributed by atoms with Crippen LogP contribution in [0.25, 0.3) is 0 Å². The molecule has 0 aliphatic carbocycles. The van der Waals surface area contributed by atoms with Crippen LogP contribution in [0.4, 0.5) is 4.39 Å². The molecule has 0 saturated heterocycles. The Morgan fingerprint density at radius 1 is 1.50 bits per heavy atom. The van der Waals surface area contributed by atoms with E-state index in [-0.39, 0.29) is 6.67 Å². The first kappa shape index (κ1) is 7.93. The average molecular weight is 117 g/mol. The van der Waals surface area contributed by atoms with Crippen LogP contribution in [0.3, 0.4) is 0 Å². The fourth-order valence-corrected chi connectivity index (χ4v) is 0.587. The molecule has 1 heteroatoms. The summed E-state index contributed by atoms with van der Waals surface area (Å²) in [4.78, 5) is 0. The summed E-state index contributed by atoms with van der Waals surface area (Å²) in [5.74, 6) is 0.488. The maximum atomic E-state index is 11.4. The molecule has 0 aliphatic rings. The van der Waals surface area contributed by atoms with Crippen molar-refractivity contribution in [2.45, 2.75) is 26.2 Å². The molecule has 0 N–H and O–H groups in total. The van der Waals surface area contributed by atoms with Crippen LogP contribution >= 0.6 is 0 Å². The fourth-order valence-electron chi connectivity index (χ4n) is 0.587. The Labute approximate surface area is 51.1 Å². The molecule has 1 radical (unpaired) electrons. The number of hydrogen-bond donors (Lipinski definition) is 0. The van der Waals surface area contributed by atoms with E-state index in [9.17, 15) is 4.39 Å². The summed E-state index contributed by atoms with van der Waals surface area (Å²) in [6.07, 6.45) is 2.75. The first-order chi connectivity index (χ1) is 3.77. The third kappa shape index (κ3) is 5.93. The molecule has 0 amide bonds. The van der Waals surface area contributed by atoms with Crippen molar-refractivity contribution in [3.63, 3.8) is 0 Å². The fraction of sp³-hybridized carbons (Fsp3) is 0.857. The van der Waals surface area contributed by atoms with Gasteiger partial charge in [-0.25, -0.2) is 0 Å². The van der Waals surface area contributed by atoms with Gasteiger partial charge in [-0.3, -0.25) is 4.39 Å². The van der Waals surface area contributed by atoms with Gasteiger partial charge in [0.05, 0.1) is 6.67 Å². The first-order valence-electron chi connectivity index (χ1n) is 3.16. The molecule has 0 saturated carbocycles. The van der Waals surface area contributed by atoms with Gasteiger partial charge in [0, 0.05) is 0 Å². The number of hydrogen-bond acceptors (Lipinski definition) is 0. The van der Waals surface area contributed by atoms with Gasteiger partial charge in [-0.1, -0.05) is 26.7 Å². The number of halogens is 1. The standard InChI is InChI=1S/C7H14F/c1-7(2)5-3-4-6-8/h7H,1,3-6H2,2H3. The predicted octanol–water partition coefficient (Wildman–Crippen LogP) is 2.60. The molecule has 1 atom stereocenters. The second-order valence-corrected chi connectivity index (χ2v) is 2.29. The zero-order valence-corrected chi connectivity index (χ0v) is 5.49. The summed E-state index contributed by atoms with van der Waals surface area (Å²) in [5, 5.41) is 0. The van der Waals surface area contributed by atoms with Crippen LogP contribution in [-0.2, 0) is 0 Å². The zero-order chi connectivity index (χ0) is 6.41.